The molecule has 1 fully saturated rings. The molecule has 0 atom stereocenters. The number of rotatable bonds is 5. The van der Waals surface area contributed by atoms with E-state index in [1.165, 1.54) is 34.0 Å². The first-order valence-corrected chi connectivity index (χ1v) is 9.94. The standard InChI is InChI=1S/C16H17N3O4S2/c20-16(18-17-12-14-4-2-10-24-14)13-3-1-5-15(11-13)25(21,22)19-6-8-23-9-7-19/h1-5,10-12H,6-9H2,(H,18,20)/b17-12-. The second-order valence-electron chi connectivity index (χ2n) is 5.26. The predicted octanol–water partition coefficient (Wildman–Crippen LogP) is 1.53. The van der Waals surface area contributed by atoms with Crippen LogP contribution in [0.25, 0.3) is 0 Å². The van der Waals surface area contributed by atoms with E-state index in [4.69, 9.17) is 4.74 Å². The molecule has 0 bridgehead atoms. The Morgan fingerprint density at radius 3 is 2.76 bits per heavy atom. The lowest BCUT2D eigenvalue weighted by Gasteiger charge is -2.26. The van der Waals surface area contributed by atoms with Gasteiger partial charge in [0, 0.05) is 23.5 Å². The molecule has 1 N–H and O–H groups in total. The van der Waals surface area contributed by atoms with Crippen molar-refractivity contribution in [2.24, 2.45) is 5.10 Å². The molecule has 7 nitrogen and oxygen atoms in total. The second kappa shape index (κ2) is 7.87. The van der Waals surface area contributed by atoms with Crippen molar-refractivity contribution in [3.05, 3.63) is 52.2 Å². The molecular formula is C16H17N3O4S2. The number of thiophene rings is 1. The third-order valence-electron chi connectivity index (χ3n) is 3.61. The van der Waals surface area contributed by atoms with Gasteiger partial charge in [-0.05, 0) is 29.6 Å². The van der Waals surface area contributed by atoms with Gasteiger partial charge in [0.15, 0.2) is 0 Å². The lowest BCUT2D eigenvalue weighted by Crippen LogP contribution is -2.40. The maximum Gasteiger partial charge on any atom is 0.271 e. The van der Waals surface area contributed by atoms with Crippen molar-refractivity contribution in [2.75, 3.05) is 26.3 Å². The molecule has 0 unspecified atom stereocenters. The van der Waals surface area contributed by atoms with Gasteiger partial charge < -0.3 is 4.74 Å². The van der Waals surface area contributed by atoms with Crippen molar-refractivity contribution in [1.29, 1.82) is 0 Å². The molecule has 0 aliphatic carbocycles. The Morgan fingerprint density at radius 2 is 2.04 bits per heavy atom. The molecule has 1 amide bonds. The Bertz CT molecular complexity index is 857. The van der Waals surface area contributed by atoms with Gasteiger partial charge in [-0.15, -0.1) is 11.3 Å². The lowest BCUT2D eigenvalue weighted by atomic mass is 10.2. The number of ether oxygens (including phenoxy) is 1. The first-order chi connectivity index (χ1) is 12.1. The van der Waals surface area contributed by atoms with E-state index in [2.05, 4.69) is 10.5 Å². The number of hydrazone groups is 1. The molecule has 1 aliphatic heterocycles. The highest BCUT2D eigenvalue weighted by Gasteiger charge is 2.26. The average molecular weight is 379 g/mol. The number of nitrogens with zero attached hydrogens (tertiary/aromatic N) is 2. The molecular weight excluding hydrogens is 362 g/mol. The minimum absolute atomic E-state index is 0.0873. The smallest absolute Gasteiger partial charge is 0.271 e. The van der Waals surface area contributed by atoms with Crippen LogP contribution in [0.2, 0.25) is 0 Å². The van der Waals surface area contributed by atoms with Gasteiger partial charge in [0.2, 0.25) is 10.0 Å². The maximum atomic E-state index is 12.6. The molecule has 1 aromatic heterocycles. The number of benzene rings is 1. The van der Waals surface area contributed by atoms with Crippen LogP contribution in [0, 0.1) is 0 Å². The first kappa shape index (κ1) is 17.7. The number of sulfonamides is 1. The van der Waals surface area contributed by atoms with Crippen LogP contribution in [0.15, 0.2) is 51.8 Å². The zero-order valence-corrected chi connectivity index (χ0v) is 14.9. The van der Waals surface area contributed by atoms with Gasteiger partial charge in [-0.1, -0.05) is 12.1 Å². The Balaban J connectivity index is 1.73. The summed E-state index contributed by atoms with van der Waals surface area (Å²) in [4.78, 5) is 13.2. The number of amides is 1. The summed E-state index contributed by atoms with van der Waals surface area (Å²) in [6.07, 6.45) is 1.54. The SMILES string of the molecule is O=C(N/N=C\c1cccs1)c1cccc(S(=O)(=O)N2CCOCC2)c1. The minimum Gasteiger partial charge on any atom is -0.379 e. The van der Waals surface area contributed by atoms with Crippen molar-refractivity contribution >= 4 is 33.5 Å². The van der Waals surface area contributed by atoms with Crippen molar-refractivity contribution in [3.8, 4) is 0 Å². The van der Waals surface area contributed by atoms with Gasteiger partial charge in [-0.3, -0.25) is 4.79 Å². The summed E-state index contributed by atoms with van der Waals surface area (Å²) < 4.78 is 31.8. The highest BCUT2D eigenvalue weighted by atomic mass is 32.2. The maximum absolute atomic E-state index is 12.6. The summed E-state index contributed by atoms with van der Waals surface area (Å²) in [5.41, 5.74) is 2.64. The Kier molecular flexibility index (Phi) is 5.59. The van der Waals surface area contributed by atoms with Gasteiger partial charge in [-0.2, -0.15) is 9.41 Å². The summed E-state index contributed by atoms with van der Waals surface area (Å²) in [5, 5.41) is 5.79. The van der Waals surface area contributed by atoms with Gasteiger partial charge in [0.1, 0.15) is 0 Å². The second-order valence-corrected chi connectivity index (χ2v) is 8.18. The third kappa shape index (κ3) is 4.31. The van der Waals surface area contributed by atoms with Crippen LogP contribution < -0.4 is 5.43 Å². The zero-order valence-electron chi connectivity index (χ0n) is 13.3. The van der Waals surface area contributed by atoms with E-state index >= 15 is 0 Å². The highest BCUT2D eigenvalue weighted by molar-refractivity contribution is 7.89. The fourth-order valence-corrected chi connectivity index (χ4v) is 4.36. The summed E-state index contributed by atoms with van der Waals surface area (Å²) in [6.45, 7) is 1.36. The van der Waals surface area contributed by atoms with Gasteiger partial charge in [0.05, 0.1) is 24.3 Å². The van der Waals surface area contributed by atoms with Crippen molar-refractivity contribution in [3.63, 3.8) is 0 Å². The number of nitrogens with one attached hydrogen (secondary N) is 1. The fourth-order valence-electron chi connectivity index (χ4n) is 2.32. The fraction of sp³-hybridized carbons (Fsp3) is 0.250. The van der Waals surface area contributed by atoms with Crippen LogP contribution in [0.5, 0.6) is 0 Å². The molecule has 2 heterocycles. The molecule has 132 valence electrons. The van der Waals surface area contributed by atoms with Crippen LogP contribution in [0.3, 0.4) is 0 Å². The Labute approximate surface area is 150 Å². The zero-order chi connectivity index (χ0) is 17.7. The number of hydrogen-bond donors (Lipinski definition) is 1. The Morgan fingerprint density at radius 1 is 1.24 bits per heavy atom. The number of carbonyl (C=O) groups is 1. The minimum atomic E-state index is -3.64. The average Bonchev–Trinajstić information content (AvgIpc) is 3.16. The summed E-state index contributed by atoms with van der Waals surface area (Å²) in [6, 6.07) is 9.69. The molecule has 0 spiro atoms. The number of carbonyl (C=O) groups excluding carboxylic acids is 1. The van der Waals surface area contributed by atoms with Crippen molar-refractivity contribution in [2.45, 2.75) is 4.90 Å². The quantitative estimate of drug-likeness (QED) is 0.630. The molecule has 25 heavy (non-hydrogen) atoms. The van der Waals surface area contributed by atoms with E-state index in [1.807, 2.05) is 17.5 Å². The normalized spacial score (nSPS) is 16.2. The van der Waals surface area contributed by atoms with E-state index in [1.54, 1.807) is 12.1 Å². The van der Waals surface area contributed by atoms with Crippen LogP contribution in [-0.2, 0) is 14.8 Å². The molecule has 1 aliphatic rings. The summed E-state index contributed by atoms with van der Waals surface area (Å²) >= 11 is 1.50. The topological polar surface area (TPSA) is 88.1 Å². The van der Waals surface area contributed by atoms with Crippen molar-refractivity contribution in [1.82, 2.24) is 9.73 Å². The molecule has 9 heteroatoms. The highest BCUT2D eigenvalue weighted by Crippen LogP contribution is 2.18. The van der Waals surface area contributed by atoms with Gasteiger partial charge in [-0.25, -0.2) is 13.8 Å². The molecule has 1 saturated heterocycles. The van der Waals surface area contributed by atoms with Crippen molar-refractivity contribution < 1.29 is 17.9 Å². The van der Waals surface area contributed by atoms with Crippen LogP contribution in [0.4, 0.5) is 0 Å². The molecule has 0 radical (unpaired) electrons. The van der Waals surface area contributed by atoms with E-state index in [0.717, 1.165) is 4.88 Å². The van der Waals surface area contributed by atoms with Crippen LogP contribution in [0.1, 0.15) is 15.2 Å². The van der Waals surface area contributed by atoms with Gasteiger partial charge >= 0.3 is 0 Å². The molecule has 0 saturated carbocycles. The monoisotopic (exact) mass is 379 g/mol. The third-order valence-corrected chi connectivity index (χ3v) is 6.31. The van der Waals surface area contributed by atoms with E-state index in [9.17, 15) is 13.2 Å². The summed E-state index contributed by atoms with van der Waals surface area (Å²) in [5.74, 6) is -0.466. The van der Waals surface area contributed by atoms with E-state index < -0.39 is 15.9 Å². The molecule has 3 rings (SSSR count). The first-order valence-electron chi connectivity index (χ1n) is 7.62. The summed E-state index contributed by atoms with van der Waals surface area (Å²) in [7, 11) is -3.64. The van der Waals surface area contributed by atoms with Crippen LogP contribution in [-0.4, -0.2) is 51.1 Å². The lowest BCUT2D eigenvalue weighted by molar-refractivity contribution is 0.0730. The largest absolute Gasteiger partial charge is 0.379 e. The predicted molar refractivity (Wildman–Crippen MR) is 95.4 cm³/mol. The molecule has 2 aromatic rings. The van der Waals surface area contributed by atoms with Gasteiger partial charge in [0.25, 0.3) is 5.91 Å². The van der Waals surface area contributed by atoms with Crippen LogP contribution >= 0.6 is 11.3 Å². The van der Waals surface area contributed by atoms with E-state index in [-0.39, 0.29) is 10.5 Å². The number of morpholine rings is 1. The number of hydrogen-bond acceptors (Lipinski definition) is 6. The molecule has 1 aromatic carbocycles. The van der Waals surface area contributed by atoms with E-state index in [0.29, 0.717) is 26.3 Å². The Hall–Kier alpha value is -2.07.